The first-order valence-electron chi connectivity index (χ1n) is 9.79. The molecule has 1 saturated heterocycles. The molecule has 3 heteroatoms. The van der Waals surface area contributed by atoms with Crippen LogP contribution in [0.1, 0.15) is 96.8 Å². The van der Waals surface area contributed by atoms with Gasteiger partial charge in [-0.15, -0.1) is 0 Å². The van der Waals surface area contributed by atoms with Crippen LogP contribution in [0.4, 0.5) is 0 Å². The molecule has 1 heterocycles. The third kappa shape index (κ3) is 8.17. The van der Waals surface area contributed by atoms with E-state index in [4.69, 9.17) is 5.73 Å². The maximum Gasteiger partial charge on any atom is 0.222 e. The molecule has 0 aromatic carbocycles. The van der Waals surface area contributed by atoms with E-state index in [9.17, 15) is 4.79 Å². The van der Waals surface area contributed by atoms with Crippen LogP contribution in [0.2, 0.25) is 0 Å². The maximum absolute atomic E-state index is 12.3. The molecule has 1 fully saturated rings. The minimum Gasteiger partial charge on any atom is -0.338 e. The van der Waals surface area contributed by atoms with Crippen molar-refractivity contribution in [1.29, 1.82) is 0 Å². The Kier molecular flexibility index (Phi) is 11.4. The minimum absolute atomic E-state index is 0.310. The summed E-state index contributed by atoms with van der Waals surface area (Å²) in [5.74, 6) is 0.342. The second-order valence-corrected chi connectivity index (χ2v) is 6.90. The number of nitrogens with zero attached hydrogens (tertiary/aromatic N) is 1. The zero-order valence-corrected chi connectivity index (χ0v) is 14.8. The quantitative estimate of drug-likeness (QED) is 0.534. The third-order valence-corrected chi connectivity index (χ3v) is 4.96. The second kappa shape index (κ2) is 12.9. The van der Waals surface area contributed by atoms with Crippen molar-refractivity contribution in [2.75, 3.05) is 13.1 Å². The molecule has 3 nitrogen and oxygen atoms in total. The zero-order valence-electron chi connectivity index (χ0n) is 14.8. The lowest BCUT2D eigenvalue weighted by Gasteiger charge is -2.35. The smallest absolute Gasteiger partial charge is 0.222 e. The standard InChI is InChI=1S/C19H38N2O/c1-2-3-4-5-6-7-8-9-10-11-15-19(22)21-16-13-12-14-18(21)17-20/h18H,2-17,20H2,1H3/t18-/m0/s1. The van der Waals surface area contributed by atoms with E-state index in [1.54, 1.807) is 0 Å². The molecule has 0 spiro atoms. The number of hydrogen-bond acceptors (Lipinski definition) is 2. The topological polar surface area (TPSA) is 46.3 Å². The van der Waals surface area contributed by atoms with Crippen LogP contribution >= 0.6 is 0 Å². The molecule has 0 aromatic rings. The van der Waals surface area contributed by atoms with Gasteiger partial charge in [-0.25, -0.2) is 0 Å². The number of nitrogens with two attached hydrogens (primary N) is 1. The van der Waals surface area contributed by atoms with Gasteiger partial charge in [-0.3, -0.25) is 4.79 Å². The Hall–Kier alpha value is -0.570. The highest BCUT2D eigenvalue weighted by molar-refractivity contribution is 5.76. The number of rotatable bonds is 12. The van der Waals surface area contributed by atoms with Crippen molar-refractivity contribution in [3.63, 3.8) is 0 Å². The Balaban J connectivity index is 1.96. The summed E-state index contributed by atoms with van der Waals surface area (Å²) >= 11 is 0. The molecule has 0 saturated carbocycles. The normalized spacial score (nSPS) is 18.6. The fourth-order valence-electron chi connectivity index (χ4n) is 3.48. The first-order valence-corrected chi connectivity index (χ1v) is 9.79. The Morgan fingerprint density at radius 1 is 0.955 bits per heavy atom. The molecule has 2 N–H and O–H groups in total. The third-order valence-electron chi connectivity index (χ3n) is 4.96. The molecular weight excluding hydrogens is 272 g/mol. The summed E-state index contributed by atoms with van der Waals surface area (Å²) in [7, 11) is 0. The summed E-state index contributed by atoms with van der Waals surface area (Å²) < 4.78 is 0. The van der Waals surface area contributed by atoms with E-state index in [1.807, 2.05) is 0 Å². The summed E-state index contributed by atoms with van der Waals surface area (Å²) in [4.78, 5) is 14.3. The molecule has 0 aliphatic carbocycles. The summed E-state index contributed by atoms with van der Waals surface area (Å²) in [5, 5.41) is 0. The highest BCUT2D eigenvalue weighted by Gasteiger charge is 2.24. The van der Waals surface area contributed by atoms with Crippen molar-refractivity contribution in [3.05, 3.63) is 0 Å². The Bertz CT molecular complexity index is 281. The molecule has 22 heavy (non-hydrogen) atoms. The van der Waals surface area contributed by atoms with E-state index in [-0.39, 0.29) is 0 Å². The number of carbonyl (C=O) groups is 1. The zero-order chi connectivity index (χ0) is 16.0. The number of piperidine rings is 1. The van der Waals surface area contributed by atoms with Gasteiger partial charge in [0.25, 0.3) is 0 Å². The molecule has 0 unspecified atom stereocenters. The van der Waals surface area contributed by atoms with E-state index in [0.717, 1.165) is 32.2 Å². The van der Waals surface area contributed by atoms with Crippen LogP contribution in [0.5, 0.6) is 0 Å². The monoisotopic (exact) mass is 310 g/mol. The van der Waals surface area contributed by atoms with E-state index >= 15 is 0 Å². The van der Waals surface area contributed by atoms with Gasteiger partial charge in [0.05, 0.1) is 0 Å². The van der Waals surface area contributed by atoms with Crippen LogP contribution in [0.3, 0.4) is 0 Å². The fraction of sp³-hybridized carbons (Fsp3) is 0.947. The van der Waals surface area contributed by atoms with Crippen LogP contribution in [0.15, 0.2) is 0 Å². The molecule has 1 aliphatic heterocycles. The van der Waals surface area contributed by atoms with E-state index in [0.29, 0.717) is 18.5 Å². The highest BCUT2D eigenvalue weighted by atomic mass is 16.2. The Morgan fingerprint density at radius 3 is 2.14 bits per heavy atom. The number of amides is 1. The number of unbranched alkanes of at least 4 members (excludes halogenated alkanes) is 9. The van der Waals surface area contributed by atoms with Crippen molar-refractivity contribution in [2.45, 2.75) is 103 Å². The second-order valence-electron chi connectivity index (χ2n) is 6.90. The summed E-state index contributed by atoms with van der Waals surface area (Å²) in [6, 6.07) is 0.310. The first kappa shape index (κ1) is 19.5. The molecule has 0 bridgehead atoms. The van der Waals surface area contributed by atoms with Crippen molar-refractivity contribution in [1.82, 2.24) is 4.90 Å². The lowest BCUT2D eigenvalue weighted by Crippen LogP contribution is -2.47. The molecule has 1 amide bonds. The molecule has 0 radical (unpaired) electrons. The van der Waals surface area contributed by atoms with Gasteiger partial charge in [0, 0.05) is 25.6 Å². The maximum atomic E-state index is 12.3. The number of likely N-dealkylation sites (tertiary alicyclic amines) is 1. The average molecular weight is 311 g/mol. The van der Waals surface area contributed by atoms with Gasteiger partial charge in [0.15, 0.2) is 0 Å². The summed E-state index contributed by atoms with van der Waals surface area (Å²) in [5.41, 5.74) is 5.79. The summed E-state index contributed by atoms with van der Waals surface area (Å²) in [6.07, 6.45) is 17.4. The average Bonchev–Trinajstić information content (AvgIpc) is 2.56. The number of hydrogen-bond donors (Lipinski definition) is 1. The number of carbonyl (C=O) groups excluding carboxylic acids is 1. The first-order chi connectivity index (χ1) is 10.8. The minimum atomic E-state index is 0.310. The molecule has 1 rings (SSSR count). The highest BCUT2D eigenvalue weighted by Crippen LogP contribution is 2.18. The molecule has 0 aromatic heterocycles. The predicted octanol–water partition coefficient (Wildman–Crippen LogP) is 4.64. The summed E-state index contributed by atoms with van der Waals surface area (Å²) in [6.45, 7) is 3.82. The van der Waals surface area contributed by atoms with Gasteiger partial charge < -0.3 is 10.6 Å². The van der Waals surface area contributed by atoms with Crippen LogP contribution < -0.4 is 5.73 Å². The Morgan fingerprint density at radius 2 is 1.55 bits per heavy atom. The Labute approximate surface area is 138 Å². The van der Waals surface area contributed by atoms with Crippen molar-refractivity contribution in [2.24, 2.45) is 5.73 Å². The van der Waals surface area contributed by atoms with Crippen LogP contribution in [0.25, 0.3) is 0 Å². The van der Waals surface area contributed by atoms with Gasteiger partial charge in [-0.05, 0) is 25.7 Å². The van der Waals surface area contributed by atoms with Crippen molar-refractivity contribution in [3.8, 4) is 0 Å². The van der Waals surface area contributed by atoms with Crippen LogP contribution in [-0.4, -0.2) is 29.9 Å². The van der Waals surface area contributed by atoms with Gasteiger partial charge in [0.1, 0.15) is 0 Å². The molecule has 130 valence electrons. The van der Waals surface area contributed by atoms with Crippen LogP contribution in [-0.2, 0) is 4.79 Å². The van der Waals surface area contributed by atoms with Gasteiger partial charge in [-0.1, -0.05) is 64.7 Å². The van der Waals surface area contributed by atoms with Gasteiger partial charge >= 0.3 is 0 Å². The van der Waals surface area contributed by atoms with Crippen molar-refractivity contribution < 1.29 is 4.79 Å². The lowest BCUT2D eigenvalue weighted by atomic mass is 10.0. The van der Waals surface area contributed by atoms with Gasteiger partial charge in [-0.2, -0.15) is 0 Å². The molecule has 1 aliphatic rings. The van der Waals surface area contributed by atoms with Crippen molar-refractivity contribution >= 4 is 5.91 Å². The van der Waals surface area contributed by atoms with Gasteiger partial charge in [0.2, 0.25) is 5.91 Å². The SMILES string of the molecule is CCCCCCCCCCCCC(=O)N1CCCC[C@H]1CN. The van der Waals surface area contributed by atoms with Crippen LogP contribution in [0, 0.1) is 0 Å². The predicted molar refractivity (Wildman–Crippen MR) is 94.9 cm³/mol. The molecule has 1 atom stereocenters. The lowest BCUT2D eigenvalue weighted by molar-refractivity contribution is -0.134. The largest absolute Gasteiger partial charge is 0.338 e. The fourth-order valence-corrected chi connectivity index (χ4v) is 3.48. The van der Waals surface area contributed by atoms with E-state index in [1.165, 1.54) is 64.2 Å². The van der Waals surface area contributed by atoms with E-state index in [2.05, 4.69) is 11.8 Å². The van der Waals surface area contributed by atoms with E-state index < -0.39 is 0 Å². The molecular formula is C19H38N2O.